The summed E-state index contributed by atoms with van der Waals surface area (Å²) in [5, 5.41) is 20.6. The van der Waals surface area contributed by atoms with Crippen molar-refractivity contribution in [2.75, 3.05) is 0 Å². The van der Waals surface area contributed by atoms with Crippen LogP contribution in [0.5, 0.6) is 5.75 Å². The molecule has 1 aromatic heterocycles. The number of phenols is 1. The molecule has 3 aromatic rings. The Morgan fingerprint density at radius 2 is 1.59 bits per heavy atom. The van der Waals surface area contributed by atoms with E-state index in [0.29, 0.717) is 10.7 Å². The third kappa shape index (κ3) is 4.81. The summed E-state index contributed by atoms with van der Waals surface area (Å²) in [5.74, 6) is 0.289. The zero-order valence-corrected chi connectivity index (χ0v) is 17.0. The fraction of sp³-hybridized carbons (Fsp3) is 0.455. The average Bonchev–Trinajstić information content (AvgIpc) is 3.07. The lowest BCUT2D eigenvalue weighted by Gasteiger charge is -2.12. The van der Waals surface area contributed by atoms with Crippen LogP contribution in [0.4, 0.5) is 0 Å². The zero-order chi connectivity index (χ0) is 19.2. The number of rotatable bonds is 9. The Hall–Kier alpha value is -2.07. The van der Waals surface area contributed by atoms with Crippen LogP contribution in [0.1, 0.15) is 63.5 Å². The van der Waals surface area contributed by atoms with Crippen LogP contribution in [-0.4, -0.2) is 20.1 Å². The van der Waals surface area contributed by atoms with Crippen molar-refractivity contribution in [3.05, 3.63) is 46.5 Å². The van der Waals surface area contributed by atoms with E-state index in [9.17, 15) is 5.11 Å². The van der Waals surface area contributed by atoms with Gasteiger partial charge in [0.1, 0.15) is 22.5 Å². The van der Waals surface area contributed by atoms with Crippen molar-refractivity contribution in [2.24, 2.45) is 0 Å². The molecule has 0 bridgehead atoms. The largest absolute Gasteiger partial charge is 0.505 e. The van der Waals surface area contributed by atoms with Crippen molar-refractivity contribution in [3.63, 3.8) is 0 Å². The van der Waals surface area contributed by atoms with Gasteiger partial charge in [0, 0.05) is 5.02 Å². The van der Waals surface area contributed by atoms with Gasteiger partial charge in [-0.05, 0) is 61.1 Å². The van der Waals surface area contributed by atoms with E-state index in [2.05, 4.69) is 30.1 Å². The highest BCUT2D eigenvalue weighted by atomic mass is 35.5. The molecule has 0 radical (unpaired) electrons. The maximum atomic E-state index is 10.9. The smallest absolute Gasteiger partial charge is 0.146 e. The summed E-state index contributed by atoms with van der Waals surface area (Å²) in [6.45, 7) is 4.40. The summed E-state index contributed by atoms with van der Waals surface area (Å²) in [4.78, 5) is 1.54. The molecule has 144 valence electrons. The summed E-state index contributed by atoms with van der Waals surface area (Å²) >= 11 is 6.07. The van der Waals surface area contributed by atoms with E-state index in [1.165, 1.54) is 18.4 Å². The number of aromatic hydroxyl groups is 1. The Balaban J connectivity index is 1.99. The lowest BCUT2D eigenvalue weighted by molar-refractivity contribution is 0.458. The van der Waals surface area contributed by atoms with Gasteiger partial charge in [-0.25, -0.2) is 0 Å². The number of phenolic OH excluding ortho intramolecular Hbond substituents is 1. The first-order chi connectivity index (χ1) is 13.1. The average molecular weight is 386 g/mol. The van der Waals surface area contributed by atoms with E-state index in [-0.39, 0.29) is 5.75 Å². The van der Waals surface area contributed by atoms with Crippen molar-refractivity contribution in [1.29, 1.82) is 0 Å². The number of halogens is 1. The molecule has 0 saturated heterocycles. The van der Waals surface area contributed by atoms with Crippen LogP contribution in [0.15, 0.2) is 30.3 Å². The summed E-state index contributed by atoms with van der Waals surface area (Å²) in [7, 11) is 0. The Kier molecular flexibility index (Phi) is 6.73. The second kappa shape index (κ2) is 9.23. The molecule has 2 aromatic carbocycles. The van der Waals surface area contributed by atoms with Gasteiger partial charge in [-0.3, -0.25) is 0 Å². The Labute approximate surface area is 166 Å². The van der Waals surface area contributed by atoms with Crippen LogP contribution >= 0.6 is 11.6 Å². The highest BCUT2D eigenvalue weighted by Gasteiger charge is 2.15. The highest BCUT2D eigenvalue weighted by Crippen LogP contribution is 2.30. The first-order valence-electron chi connectivity index (χ1n) is 10.00. The number of aryl methyl sites for hydroxylation is 2. The molecule has 0 saturated carbocycles. The molecule has 0 atom stereocenters. The van der Waals surface area contributed by atoms with Crippen molar-refractivity contribution in [2.45, 2.75) is 65.2 Å². The van der Waals surface area contributed by atoms with E-state index in [1.54, 1.807) is 16.9 Å². The second-order valence-electron chi connectivity index (χ2n) is 7.16. The minimum atomic E-state index is 0.289. The van der Waals surface area contributed by atoms with E-state index in [1.807, 2.05) is 12.1 Å². The standard InChI is InChI=1S/C22H28ClN3O/c1-3-5-7-9-16-13-17(10-8-6-4-2)22(27)21(14-16)26-24-19-12-11-18(23)15-20(19)25-26/h11-15,27H,3-10H2,1-2H3. The van der Waals surface area contributed by atoms with Crippen LogP contribution in [0, 0.1) is 0 Å². The zero-order valence-electron chi connectivity index (χ0n) is 16.2. The molecule has 0 aliphatic rings. The van der Waals surface area contributed by atoms with Crippen LogP contribution in [-0.2, 0) is 12.8 Å². The normalized spacial score (nSPS) is 11.4. The lowest BCUT2D eigenvalue weighted by atomic mass is 9.99. The van der Waals surface area contributed by atoms with Gasteiger partial charge in [0.25, 0.3) is 0 Å². The summed E-state index contributed by atoms with van der Waals surface area (Å²) in [6.07, 6.45) is 8.85. The number of hydrogen-bond donors (Lipinski definition) is 1. The van der Waals surface area contributed by atoms with Gasteiger partial charge >= 0.3 is 0 Å². The Bertz CT molecular complexity index is 904. The Morgan fingerprint density at radius 3 is 2.33 bits per heavy atom. The van der Waals surface area contributed by atoms with Gasteiger partial charge in [-0.1, -0.05) is 57.2 Å². The van der Waals surface area contributed by atoms with Crippen LogP contribution in [0.2, 0.25) is 5.02 Å². The molecule has 0 amide bonds. The first-order valence-corrected chi connectivity index (χ1v) is 10.4. The van der Waals surface area contributed by atoms with Crippen LogP contribution < -0.4 is 0 Å². The van der Waals surface area contributed by atoms with E-state index >= 15 is 0 Å². The van der Waals surface area contributed by atoms with Gasteiger partial charge in [-0.15, -0.1) is 15.0 Å². The lowest BCUT2D eigenvalue weighted by Crippen LogP contribution is -2.03. The summed E-state index contributed by atoms with van der Waals surface area (Å²) in [5.41, 5.74) is 4.38. The third-order valence-electron chi connectivity index (χ3n) is 4.91. The summed E-state index contributed by atoms with van der Waals surface area (Å²) in [6, 6.07) is 9.63. The maximum absolute atomic E-state index is 10.9. The topological polar surface area (TPSA) is 50.9 Å². The molecule has 1 heterocycles. The molecule has 0 aliphatic carbocycles. The van der Waals surface area contributed by atoms with E-state index in [0.717, 1.165) is 55.1 Å². The van der Waals surface area contributed by atoms with Gasteiger partial charge < -0.3 is 5.11 Å². The molecule has 1 N–H and O–H groups in total. The minimum absolute atomic E-state index is 0.289. The predicted octanol–water partition coefficient (Wildman–Crippen LogP) is 6.24. The number of unbranched alkanes of at least 4 members (excludes halogenated alkanes) is 4. The molecule has 5 heteroatoms. The van der Waals surface area contributed by atoms with Crippen LogP contribution in [0.25, 0.3) is 16.7 Å². The van der Waals surface area contributed by atoms with Gasteiger partial charge in [0.15, 0.2) is 0 Å². The number of fused-ring (bicyclic) bond motifs is 1. The highest BCUT2D eigenvalue weighted by molar-refractivity contribution is 6.31. The van der Waals surface area contributed by atoms with Crippen LogP contribution in [0.3, 0.4) is 0 Å². The van der Waals surface area contributed by atoms with Crippen molar-refractivity contribution >= 4 is 22.6 Å². The molecule has 4 nitrogen and oxygen atoms in total. The summed E-state index contributed by atoms with van der Waals surface area (Å²) < 4.78 is 0. The number of benzene rings is 2. The second-order valence-corrected chi connectivity index (χ2v) is 7.60. The van der Waals surface area contributed by atoms with Crippen molar-refractivity contribution < 1.29 is 5.11 Å². The number of hydrogen-bond acceptors (Lipinski definition) is 3. The SMILES string of the molecule is CCCCCc1cc(CCCCC)c(O)c(-n2nc3ccc(Cl)cc3n2)c1. The first kappa shape index (κ1) is 19.7. The molecular formula is C22H28ClN3O. The monoisotopic (exact) mass is 385 g/mol. The number of nitrogens with zero attached hydrogens (tertiary/aromatic N) is 3. The van der Waals surface area contributed by atoms with Crippen molar-refractivity contribution in [1.82, 2.24) is 15.0 Å². The van der Waals surface area contributed by atoms with Gasteiger partial charge in [0.2, 0.25) is 0 Å². The van der Waals surface area contributed by atoms with Gasteiger partial charge in [0.05, 0.1) is 0 Å². The quantitative estimate of drug-likeness (QED) is 0.443. The van der Waals surface area contributed by atoms with Crippen molar-refractivity contribution in [3.8, 4) is 11.4 Å². The molecular weight excluding hydrogens is 358 g/mol. The molecule has 0 aliphatic heterocycles. The minimum Gasteiger partial charge on any atom is -0.505 e. The third-order valence-corrected chi connectivity index (χ3v) is 5.14. The fourth-order valence-corrected chi connectivity index (χ4v) is 3.54. The maximum Gasteiger partial charge on any atom is 0.146 e. The molecule has 0 unspecified atom stereocenters. The van der Waals surface area contributed by atoms with E-state index < -0.39 is 0 Å². The molecule has 0 spiro atoms. The van der Waals surface area contributed by atoms with E-state index in [4.69, 9.17) is 11.6 Å². The Morgan fingerprint density at radius 1 is 0.889 bits per heavy atom. The molecule has 0 fully saturated rings. The molecule has 3 rings (SSSR count). The fourth-order valence-electron chi connectivity index (χ4n) is 3.37. The van der Waals surface area contributed by atoms with Gasteiger partial charge in [-0.2, -0.15) is 0 Å². The predicted molar refractivity (Wildman–Crippen MR) is 112 cm³/mol. The number of aromatic nitrogens is 3. The molecule has 27 heavy (non-hydrogen) atoms.